The van der Waals surface area contributed by atoms with Crippen LogP contribution in [0.5, 0.6) is 0 Å². The molecule has 0 radical (unpaired) electrons. The molecule has 0 bridgehead atoms. The van der Waals surface area contributed by atoms with E-state index in [2.05, 4.69) is 0 Å². The van der Waals surface area contributed by atoms with Gasteiger partial charge in [-0.25, -0.2) is 0 Å². The van der Waals surface area contributed by atoms with Crippen molar-refractivity contribution >= 4 is 16.7 Å². The van der Waals surface area contributed by atoms with E-state index >= 15 is 0 Å². The SMILES string of the molecule is CC(=O)c1c(C(F)(F)F)n(C)c2ccccc12. The number of benzene rings is 1. The molecule has 0 amide bonds. The molecular weight excluding hydrogens is 231 g/mol. The Labute approximate surface area is 95.7 Å². The van der Waals surface area contributed by atoms with Gasteiger partial charge in [0.2, 0.25) is 0 Å². The summed E-state index contributed by atoms with van der Waals surface area (Å²) in [6.45, 7) is 1.15. The highest BCUT2D eigenvalue weighted by molar-refractivity contribution is 6.08. The maximum absolute atomic E-state index is 12.9. The fourth-order valence-corrected chi connectivity index (χ4v) is 2.08. The van der Waals surface area contributed by atoms with Crippen molar-refractivity contribution in [2.75, 3.05) is 0 Å². The van der Waals surface area contributed by atoms with E-state index in [1.807, 2.05) is 0 Å². The topological polar surface area (TPSA) is 22.0 Å². The lowest BCUT2D eigenvalue weighted by Crippen LogP contribution is -2.15. The van der Waals surface area contributed by atoms with Crippen molar-refractivity contribution in [1.29, 1.82) is 0 Å². The molecule has 90 valence electrons. The standard InChI is InChI=1S/C12H10F3NO/c1-7(17)10-8-5-3-4-6-9(8)16(2)11(10)12(13,14)15/h3-6H,1-2H3. The molecule has 2 aromatic rings. The second kappa shape index (κ2) is 3.61. The molecule has 0 aliphatic carbocycles. The van der Waals surface area contributed by atoms with Gasteiger partial charge in [-0.1, -0.05) is 18.2 Å². The predicted octanol–water partition coefficient (Wildman–Crippen LogP) is 3.40. The van der Waals surface area contributed by atoms with Crippen molar-refractivity contribution in [1.82, 2.24) is 4.57 Å². The minimum atomic E-state index is -4.53. The lowest BCUT2D eigenvalue weighted by Gasteiger charge is -2.09. The smallest absolute Gasteiger partial charge is 0.339 e. The normalized spacial score (nSPS) is 12.1. The van der Waals surface area contributed by atoms with Gasteiger partial charge >= 0.3 is 6.18 Å². The number of Topliss-reactive ketones (excluding diaryl/α,β-unsaturated/α-hetero) is 1. The molecule has 2 rings (SSSR count). The fourth-order valence-electron chi connectivity index (χ4n) is 2.08. The number of carbonyl (C=O) groups excluding carboxylic acids is 1. The molecule has 1 heterocycles. The van der Waals surface area contributed by atoms with E-state index in [4.69, 9.17) is 0 Å². The Bertz CT molecular complexity index is 596. The third kappa shape index (κ3) is 1.71. The number of ketones is 1. The van der Waals surface area contributed by atoms with Gasteiger partial charge < -0.3 is 4.57 Å². The molecule has 0 N–H and O–H groups in total. The second-order valence-electron chi connectivity index (χ2n) is 3.85. The summed E-state index contributed by atoms with van der Waals surface area (Å²) in [4.78, 5) is 11.4. The van der Waals surface area contributed by atoms with E-state index in [0.717, 1.165) is 11.5 Å². The molecule has 2 nitrogen and oxygen atoms in total. The summed E-state index contributed by atoms with van der Waals surface area (Å²) in [7, 11) is 1.32. The molecule has 0 aliphatic rings. The quantitative estimate of drug-likeness (QED) is 0.701. The number of para-hydroxylation sites is 1. The minimum Gasteiger partial charge on any atom is -0.339 e. The summed E-state index contributed by atoms with van der Waals surface area (Å²) < 4.78 is 39.8. The van der Waals surface area contributed by atoms with Crippen molar-refractivity contribution in [3.63, 3.8) is 0 Å². The largest absolute Gasteiger partial charge is 0.432 e. The van der Waals surface area contributed by atoms with Gasteiger partial charge in [0.05, 0.1) is 5.56 Å². The zero-order valence-electron chi connectivity index (χ0n) is 9.30. The first kappa shape index (κ1) is 11.7. The number of halogens is 3. The third-order valence-electron chi connectivity index (χ3n) is 2.73. The van der Waals surface area contributed by atoms with Crippen LogP contribution >= 0.6 is 0 Å². The van der Waals surface area contributed by atoms with Crippen molar-refractivity contribution in [2.45, 2.75) is 13.1 Å². The Hall–Kier alpha value is -1.78. The Morgan fingerprint density at radius 2 is 1.82 bits per heavy atom. The van der Waals surface area contributed by atoms with Crippen molar-refractivity contribution in [3.05, 3.63) is 35.5 Å². The van der Waals surface area contributed by atoms with Crippen LogP contribution in [0.4, 0.5) is 13.2 Å². The molecule has 17 heavy (non-hydrogen) atoms. The molecular formula is C12H10F3NO. The van der Waals surface area contributed by atoms with Crippen LogP contribution in [0.3, 0.4) is 0 Å². The van der Waals surface area contributed by atoms with Crippen LogP contribution in [-0.4, -0.2) is 10.4 Å². The van der Waals surface area contributed by atoms with E-state index in [-0.39, 0.29) is 5.56 Å². The van der Waals surface area contributed by atoms with Gasteiger partial charge in [-0.15, -0.1) is 0 Å². The number of aryl methyl sites for hydroxylation is 1. The maximum Gasteiger partial charge on any atom is 0.432 e. The van der Waals surface area contributed by atoms with Crippen molar-refractivity contribution in [2.24, 2.45) is 7.05 Å². The molecule has 0 fully saturated rings. The Balaban J connectivity index is 2.96. The number of rotatable bonds is 1. The summed E-state index contributed by atoms with van der Waals surface area (Å²) >= 11 is 0. The summed E-state index contributed by atoms with van der Waals surface area (Å²) in [6, 6.07) is 6.36. The van der Waals surface area contributed by atoms with E-state index in [9.17, 15) is 18.0 Å². The number of hydrogen-bond donors (Lipinski definition) is 0. The molecule has 1 aromatic heterocycles. The van der Waals surface area contributed by atoms with Crippen molar-refractivity contribution in [3.8, 4) is 0 Å². The molecule has 0 saturated carbocycles. The highest BCUT2D eigenvalue weighted by Gasteiger charge is 2.39. The number of carbonyl (C=O) groups is 1. The van der Waals surface area contributed by atoms with Crippen LogP contribution < -0.4 is 0 Å². The van der Waals surface area contributed by atoms with E-state index in [0.29, 0.717) is 10.9 Å². The lowest BCUT2D eigenvalue weighted by atomic mass is 10.1. The van der Waals surface area contributed by atoms with Gasteiger partial charge in [0.15, 0.2) is 5.78 Å². The van der Waals surface area contributed by atoms with Crippen molar-refractivity contribution < 1.29 is 18.0 Å². The Morgan fingerprint density at radius 1 is 1.24 bits per heavy atom. The summed E-state index contributed by atoms with van der Waals surface area (Å²) in [5, 5.41) is 0.342. The minimum absolute atomic E-state index is 0.254. The molecule has 0 atom stereocenters. The number of fused-ring (bicyclic) bond motifs is 1. The van der Waals surface area contributed by atoms with E-state index < -0.39 is 17.7 Å². The number of nitrogens with zero attached hydrogens (tertiary/aromatic N) is 1. The zero-order chi connectivity index (χ0) is 12.8. The maximum atomic E-state index is 12.9. The number of alkyl halides is 3. The first-order valence-corrected chi connectivity index (χ1v) is 4.99. The van der Waals surface area contributed by atoms with Crippen LogP contribution in [0.1, 0.15) is 23.0 Å². The number of aromatic nitrogens is 1. The summed E-state index contributed by atoms with van der Waals surface area (Å²) in [6.07, 6.45) is -4.53. The molecule has 0 saturated heterocycles. The molecule has 1 aromatic carbocycles. The van der Waals surface area contributed by atoms with Gasteiger partial charge in [0.25, 0.3) is 0 Å². The second-order valence-corrected chi connectivity index (χ2v) is 3.85. The lowest BCUT2D eigenvalue weighted by molar-refractivity contribution is -0.143. The molecule has 0 spiro atoms. The first-order valence-electron chi connectivity index (χ1n) is 4.99. The van der Waals surface area contributed by atoms with Crippen LogP contribution in [-0.2, 0) is 13.2 Å². The third-order valence-corrected chi connectivity index (χ3v) is 2.73. The summed E-state index contributed by atoms with van der Waals surface area (Å²) in [5.41, 5.74) is -0.730. The average Bonchev–Trinajstić information content (AvgIpc) is 2.52. The molecule has 0 unspecified atom stereocenters. The predicted molar refractivity (Wildman–Crippen MR) is 57.9 cm³/mol. The Kier molecular flexibility index (Phi) is 2.49. The van der Waals surface area contributed by atoms with Crippen LogP contribution in [0.15, 0.2) is 24.3 Å². The fraction of sp³-hybridized carbons (Fsp3) is 0.250. The van der Waals surface area contributed by atoms with Gasteiger partial charge in [-0.05, 0) is 13.0 Å². The highest BCUT2D eigenvalue weighted by Crippen LogP contribution is 2.37. The van der Waals surface area contributed by atoms with Crippen LogP contribution in [0.2, 0.25) is 0 Å². The van der Waals surface area contributed by atoms with Gasteiger partial charge in [-0.3, -0.25) is 4.79 Å². The van der Waals surface area contributed by atoms with Gasteiger partial charge in [0, 0.05) is 18.0 Å². The van der Waals surface area contributed by atoms with Crippen LogP contribution in [0, 0.1) is 0 Å². The molecule has 0 aliphatic heterocycles. The van der Waals surface area contributed by atoms with E-state index in [1.165, 1.54) is 13.1 Å². The average molecular weight is 241 g/mol. The van der Waals surface area contributed by atoms with E-state index in [1.54, 1.807) is 18.2 Å². The Morgan fingerprint density at radius 3 is 2.35 bits per heavy atom. The zero-order valence-corrected chi connectivity index (χ0v) is 9.30. The highest BCUT2D eigenvalue weighted by atomic mass is 19.4. The summed E-state index contributed by atoms with van der Waals surface area (Å²) in [5.74, 6) is -0.575. The van der Waals surface area contributed by atoms with Crippen LogP contribution in [0.25, 0.3) is 10.9 Å². The number of hydrogen-bond acceptors (Lipinski definition) is 1. The van der Waals surface area contributed by atoms with Gasteiger partial charge in [-0.2, -0.15) is 13.2 Å². The van der Waals surface area contributed by atoms with Gasteiger partial charge in [0.1, 0.15) is 5.69 Å². The first-order chi connectivity index (χ1) is 7.84. The monoisotopic (exact) mass is 241 g/mol. The molecule has 5 heteroatoms.